The quantitative estimate of drug-likeness (QED) is 0.916. The third kappa shape index (κ3) is 4.41. The fourth-order valence-electron chi connectivity index (χ4n) is 2.72. The number of ether oxygens (including phenoxy) is 1. The van der Waals surface area contributed by atoms with Crippen LogP contribution < -0.4 is 5.32 Å². The van der Waals surface area contributed by atoms with E-state index in [2.05, 4.69) is 34.5 Å². The van der Waals surface area contributed by atoms with Crippen molar-refractivity contribution < 1.29 is 9.53 Å². The zero-order valence-corrected chi connectivity index (χ0v) is 14.2. The Morgan fingerprint density at radius 1 is 1.26 bits per heavy atom. The highest BCUT2D eigenvalue weighted by Gasteiger charge is 2.12. The number of nitrogens with one attached hydrogen (secondary N) is 1. The summed E-state index contributed by atoms with van der Waals surface area (Å²) < 4.78 is 5.38. The molecule has 1 aliphatic rings. The van der Waals surface area contributed by atoms with Crippen LogP contribution in [0.4, 0.5) is 0 Å². The van der Waals surface area contributed by atoms with Crippen molar-refractivity contribution >= 4 is 17.2 Å². The monoisotopic (exact) mass is 330 g/mol. The minimum absolute atomic E-state index is 0.0103. The van der Waals surface area contributed by atoms with Crippen molar-refractivity contribution in [2.24, 2.45) is 0 Å². The molecule has 0 unspecified atom stereocenters. The molecule has 0 saturated carbocycles. The number of amides is 1. The number of carbonyl (C=O) groups is 1. The Morgan fingerprint density at radius 3 is 2.78 bits per heavy atom. The largest absolute Gasteiger partial charge is 0.379 e. The lowest BCUT2D eigenvalue weighted by Gasteiger charge is -2.26. The maximum absolute atomic E-state index is 12.2. The lowest BCUT2D eigenvalue weighted by molar-refractivity contribution is 0.0342. The molecule has 2 aromatic rings. The average Bonchev–Trinajstić information content (AvgIpc) is 3.00. The standard InChI is InChI=1S/C18H22N2O2S/c1-14-5-10-23-17(14)18(21)19-12-15-3-2-4-16(11-15)13-20-6-8-22-9-7-20/h2-5,10-11H,6-9,12-13H2,1H3,(H,19,21). The van der Waals surface area contributed by atoms with Gasteiger partial charge < -0.3 is 10.1 Å². The van der Waals surface area contributed by atoms with E-state index >= 15 is 0 Å². The van der Waals surface area contributed by atoms with Crippen LogP contribution in [0, 0.1) is 6.92 Å². The van der Waals surface area contributed by atoms with E-state index in [-0.39, 0.29) is 5.91 Å². The van der Waals surface area contributed by atoms with Crippen LogP contribution in [-0.4, -0.2) is 37.1 Å². The summed E-state index contributed by atoms with van der Waals surface area (Å²) in [6.07, 6.45) is 0. The second-order valence-electron chi connectivity index (χ2n) is 5.82. The van der Waals surface area contributed by atoms with Crippen LogP contribution in [0.1, 0.15) is 26.4 Å². The highest BCUT2D eigenvalue weighted by Crippen LogP contribution is 2.15. The molecule has 1 aromatic carbocycles. The zero-order chi connectivity index (χ0) is 16.1. The summed E-state index contributed by atoms with van der Waals surface area (Å²) in [6.45, 7) is 7.07. The van der Waals surface area contributed by atoms with E-state index in [1.165, 1.54) is 16.9 Å². The number of benzene rings is 1. The van der Waals surface area contributed by atoms with Gasteiger partial charge in [0.15, 0.2) is 0 Å². The molecule has 23 heavy (non-hydrogen) atoms. The molecule has 5 heteroatoms. The summed E-state index contributed by atoms with van der Waals surface area (Å²) in [5.74, 6) is 0.0103. The molecule has 1 N–H and O–H groups in total. The third-order valence-corrected chi connectivity index (χ3v) is 5.04. The van der Waals surface area contributed by atoms with E-state index in [0.717, 1.165) is 48.9 Å². The predicted octanol–water partition coefficient (Wildman–Crippen LogP) is 2.82. The van der Waals surface area contributed by atoms with E-state index < -0.39 is 0 Å². The van der Waals surface area contributed by atoms with Gasteiger partial charge in [-0.3, -0.25) is 9.69 Å². The summed E-state index contributed by atoms with van der Waals surface area (Å²) in [6, 6.07) is 10.4. The van der Waals surface area contributed by atoms with E-state index in [9.17, 15) is 4.79 Å². The first kappa shape index (κ1) is 16.2. The first-order valence-electron chi connectivity index (χ1n) is 7.92. The minimum Gasteiger partial charge on any atom is -0.379 e. The van der Waals surface area contributed by atoms with Crippen LogP contribution in [0.3, 0.4) is 0 Å². The number of nitrogens with zero attached hydrogens (tertiary/aromatic N) is 1. The molecule has 0 atom stereocenters. The lowest BCUT2D eigenvalue weighted by atomic mass is 10.1. The number of hydrogen-bond acceptors (Lipinski definition) is 4. The second-order valence-corrected chi connectivity index (χ2v) is 6.74. The van der Waals surface area contributed by atoms with Crippen molar-refractivity contribution in [2.75, 3.05) is 26.3 Å². The molecular formula is C18H22N2O2S. The van der Waals surface area contributed by atoms with Crippen molar-refractivity contribution in [1.82, 2.24) is 10.2 Å². The lowest BCUT2D eigenvalue weighted by Crippen LogP contribution is -2.35. The summed E-state index contributed by atoms with van der Waals surface area (Å²) in [4.78, 5) is 15.4. The predicted molar refractivity (Wildman–Crippen MR) is 92.8 cm³/mol. The van der Waals surface area contributed by atoms with Crippen LogP contribution >= 0.6 is 11.3 Å². The van der Waals surface area contributed by atoms with E-state index in [1.54, 1.807) is 0 Å². The molecule has 1 saturated heterocycles. The maximum Gasteiger partial charge on any atom is 0.261 e. The molecule has 1 aliphatic heterocycles. The van der Waals surface area contributed by atoms with Crippen LogP contribution in [0.5, 0.6) is 0 Å². The van der Waals surface area contributed by atoms with Crippen LogP contribution in [-0.2, 0) is 17.8 Å². The van der Waals surface area contributed by atoms with Crippen molar-refractivity contribution in [3.05, 3.63) is 57.3 Å². The molecule has 2 heterocycles. The molecule has 122 valence electrons. The number of morpholine rings is 1. The maximum atomic E-state index is 12.2. The van der Waals surface area contributed by atoms with E-state index in [4.69, 9.17) is 4.74 Å². The molecule has 0 spiro atoms. The Kier molecular flexibility index (Phi) is 5.43. The molecule has 0 radical (unpaired) electrons. The van der Waals surface area contributed by atoms with Gasteiger partial charge in [0, 0.05) is 26.2 Å². The van der Waals surface area contributed by atoms with Crippen molar-refractivity contribution in [2.45, 2.75) is 20.0 Å². The highest BCUT2D eigenvalue weighted by molar-refractivity contribution is 7.12. The normalized spacial score (nSPS) is 15.5. The molecule has 4 nitrogen and oxygen atoms in total. The summed E-state index contributed by atoms with van der Waals surface area (Å²) in [7, 11) is 0. The van der Waals surface area contributed by atoms with Gasteiger partial charge in [0.2, 0.25) is 0 Å². The Hall–Kier alpha value is -1.69. The first-order chi connectivity index (χ1) is 11.2. The molecule has 1 amide bonds. The van der Waals surface area contributed by atoms with E-state index in [1.807, 2.05) is 18.4 Å². The molecule has 1 aromatic heterocycles. The smallest absolute Gasteiger partial charge is 0.261 e. The van der Waals surface area contributed by atoms with Gasteiger partial charge >= 0.3 is 0 Å². The first-order valence-corrected chi connectivity index (χ1v) is 8.80. The number of rotatable bonds is 5. The molecule has 3 rings (SSSR count). The number of hydrogen-bond donors (Lipinski definition) is 1. The molecule has 0 bridgehead atoms. The number of carbonyl (C=O) groups excluding carboxylic acids is 1. The van der Waals surface area contributed by atoms with Gasteiger partial charge in [0.1, 0.15) is 0 Å². The fourth-order valence-corrected chi connectivity index (χ4v) is 3.56. The Bertz CT molecular complexity index is 663. The van der Waals surface area contributed by atoms with Crippen molar-refractivity contribution in [3.8, 4) is 0 Å². The van der Waals surface area contributed by atoms with Crippen molar-refractivity contribution in [1.29, 1.82) is 0 Å². The van der Waals surface area contributed by atoms with Crippen molar-refractivity contribution in [3.63, 3.8) is 0 Å². The van der Waals surface area contributed by atoms with Gasteiger partial charge in [0.05, 0.1) is 18.1 Å². The van der Waals surface area contributed by atoms with Gasteiger partial charge in [0.25, 0.3) is 5.91 Å². The molecular weight excluding hydrogens is 308 g/mol. The third-order valence-electron chi connectivity index (χ3n) is 4.02. The van der Waals surface area contributed by atoms with Crippen LogP contribution in [0.15, 0.2) is 35.7 Å². The zero-order valence-electron chi connectivity index (χ0n) is 13.4. The SMILES string of the molecule is Cc1ccsc1C(=O)NCc1cccc(CN2CCOCC2)c1. The Balaban J connectivity index is 1.57. The summed E-state index contributed by atoms with van der Waals surface area (Å²) in [5, 5.41) is 4.96. The van der Waals surface area contributed by atoms with Gasteiger partial charge in [-0.15, -0.1) is 11.3 Å². The minimum atomic E-state index is 0.0103. The summed E-state index contributed by atoms with van der Waals surface area (Å²) in [5.41, 5.74) is 3.46. The number of aryl methyl sites for hydroxylation is 1. The number of thiophene rings is 1. The Morgan fingerprint density at radius 2 is 2.04 bits per heavy atom. The topological polar surface area (TPSA) is 41.6 Å². The van der Waals surface area contributed by atoms with Crippen LogP contribution in [0.25, 0.3) is 0 Å². The average molecular weight is 330 g/mol. The highest BCUT2D eigenvalue weighted by atomic mass is 32.1. The van der Waals surface area contributed by atoms with Gasteiger partial charge in [-0.05, 0) is 35.1 Å². The van der Waals surface area contributed by atoms with Gasteiger partial charge in [-0.1, -0.05) is 24.3 Å². The fraction of sp³-hybridized carbons (Fsp3) is 0.389. The Labute approximate surface area is 141 Å². The second kappa shape index (κ2) is 7.73. The van der Waals surface area contributed by atoms with Gasteiger partial charge in [-0.25, -0.2) is 0 Å². The van der Waals surface area contributed by atoms with Gasteiger partial charge in [-0.2, -0.15) is 0 Å². The van der Waals surface area contributed by atoms with Crippen LogP contribution in [0.2, 0.25) is 0 Å². The molecule has 0 aliphatic carbocycles. The molecule has 1 fully saturated rings. The van der Waals surface area contributed by atoms with E-state index in [0.29, 0.717) is 6.54 Å². The summed E-state index contributed by atoms with van der Waals surface area (Å²) >= 11 is 1.49.